The highest BCUT2D eigenvalue weighted by atomic mass is 35.5. The van der Waals surface area contributed by atoms with Gasteiger partial charge in [0, 0.05) is 32.7 Å². The van der Waals surface area contributed by atoms with Crippen molar-refractivity contribution in [3.05, 3.63) is 140 Å². The van der Waals surface area contributed by atoms with Crippen LogP contribution in [-0.2, 0) is 17.2 Å². The SMILES string of the molecule is CC1=C(C(=O)Nc2ccc(C)cc2C)C(c2cccc(OCc3ccc(Cl)cc3Cl)c2)n2nc(SCc3ccccc3)nc2N1. The number of carbonyl (C=O) groups is 1. The molecule has 0 radical (unpaired) electrons. The van der Waals surface area contributed by atoms with E-state index in [0.29, 0.717) is 38.2 Å². The Morgan fingerprint density at radius 2 is 1.80 bits per heavy atom. The second-order valence-corrected chi connectivity index (χ2v) is 12.7. The van der Waals surface area contributed by atoms with Crippen LogP contribution in [0.15, 0.2) is 107 Å². The van der Waals surface area contributed by atoms with Crippen LogP contribution in [0.4, 0.5) is 11.6 Å². The lowest BCUT2D eigenvalue weighted by Crippen LogP contribution is -2.31. The van der Waals surface area contributed by atoms with Crippen molar-refractivity contribution in [2.24, 2.45) is 0 Å². The van der Waals surface area contributed by atoms with Gasteiger partial charge in [-0.2, -0.15) is 4.98 Å². The Morgan fingerprint density at radius 3 is 2.58 bits per heavy atom. The van der Waals surface area contributed by atoms with E-state index in [4.69, 9.17) is 38.0 Å². The summed E-state index contributed by atoms with van der Waals surface area (Å²) in [6.45, 7) is 6.17. The molecule has 7 nitrogen and oxygen atoms in total. The number of nitrogens with zero attached hydrogens (tertiary/aromatic N) is 3. The molecule has 1 unspecified atom stereocenters. The van der Waals surface area contributed by atoms with Gasteiger partial charge in [-0.15, -0.1) is 5.10 Å². The quantitative estimate of drug-likeness (QED) is 0.154. The Labute approximate surface area is 276 Å². The Hall–Kier alpha value is -4.24. The molecule has 0 bridgehead atoms. The van der Waals surface area contributed by atoms with Crippen LogP contribution in [0.5, 0.6) is 5.75 Å². The second-order valence-electron chi connectivity index (χ2n) is 10.9. The molecule has 1 aromatic heterocycles. The number of carbonyl (C=O) groups excluding carboxylic acids is 1. The fourth-order valence-corrected chi connectivity index (χ4v) is 6.48. The molecule has 0 saturated carbocycles. The van der Waals surface area contributed by atoms with Crippen molar-refractivity contribution in [3.8, 4) is 5.75 Å². The first-order valence-corrected chi connectivity index (χ1v) is 16.2. The number of halogens is 2. The normalized spacial score (nSPS) is 14.1. The largest absolute Gasteiger partial charge is 0.489 e. The zero-order valence-electron chi connectivity index (χ0n) is 25.0. The van der Waals surface area contributed by atoms with E-state index < -0.39 is 6.04 Å². The van der Waals surface area contributed by atoms with Crippen LogP contribution in [0.3, 0.4) is 0 Å². The van der Waals surface area contributed by atoms with Crippen LogP contribution >= 0.6 is 35.0 Å². The van der Waals surface area contributed by atoms with Gasteiger partial charge in [-0.3, -0.25) is 4.79 Å². The molecule has 10 heteroatoms. The number of nitrogens with one attached hydrogen (secondary N) is 2. The molecule has 0 aliphatic carbocycles. The maximum Gasteiger partial charge on any atom is 0.255 e. The molecule has 2 heterocycles. The molecule has 4 aromatic carbocycles. The lowest BCUT2D eigenvalue weighted by molar-refractivity contribution is -0.113. The van der Waals surface area contributed by atoms with E-state index >= 15 is 0 Å². The minimum Gasteiger partial charge on any atom is -0.489 e. The summed E-state index contributed by atoms with van der Waals surface area (Å²) in [5, 5.41) is 13.1. The Balaban J connectivity index is 1.34. The number of fused-ring (bicyclic) bond motifs is 1. The number of amides is 1. The van der Waals surface area contributed by atoms with E-state index in [-0.39, 0.29) is 12.5 Å². The first kappa shape index (κ1) is 30.8. The topological polar surface area (TPSA) is 81.1 Å². The predicted octanol–water partition coefficient (Wildman–Crippen LogP) is 9.00. The van der Waals surface area contributed by atoms with E-state index in [1.54, 1.807) is 28.6 Å². The van der Waals surface area contributed by atoms with Gasteiger partial charge in [0.15, 0.2) is 0 Å². The van der Waals surface area contributed by atoms with E-state index in [1.807, 2.05) is 87.5 Å². The van der Waals surface area contributed by atoms with Crippen LogP contribution in [0.2, 0.25) is 10.0 Å². The third-order valence-electron chi connectivity index (χ3n) is 7.50. The zero-order chi connectivity index (χ0) is 31.5. The van der Waals surface area contributed by atoms with Gasteiger partial charge < -0.3 is 15.4 Å². The summed E-state index contributed by atoms with van der Waals surface area (Å²) in [6.07, 6.45) is 0. The van der Waals surface area contributed by atoms with Gasteiger partial charge in [0.2, 0.25) is 11.1 Å². The van der Waals surface area contributed by atoms with Crippen molar-refractivity contribution in [1.29, 1.82) is 0 Å². The van der Waals surface area contributed by atoms with Crippen molar-refractivity contribution in [1.82, 2.24) is 14.8 Å². The summed E-state index contributed by atoms with van der Waals surface area (Å²) in [6, 6.07) is 28.6. The molecule has 228 valence electrons. The van der Waals surface area contributed by atoms with Crippen molar-refractivity contribution in [2.75, 3.05) is 10.6 Å². The highest BCUT2D eigenvalue weighted by Gasteiger charge is 2.35. The summed E-state index contributed by atoms with van der Waals surface area (Å²) in [7, 11) is 0. The summed E-state index contributed by atoms with van der Waals surface area (Å²) in [4.78, 5) is 18.8. The monoisotopic (exact) mass is 655 g/mol. The lowest BCUT2D eigenvalue weighted by Gasteiger charge is -2.29. The summed E-state index contributed by atoms with van der Waals surface area (Å²) in [5.41, 5.74) is 6.91. The number of ether oxygens (including phenoxy) is 1. The smallest absolute Gasteiger partial charge is 0.255 e. The number of hydrogen-bond acceptors (Lipinski definition) is 6. The van der Waals surface area contributed by atoms with Gasteiger partial charge in [-0.25, -0.2) is 4.68 Å². The van der Waals surface area contributed by atoms with Gasteiger partial charge in [0.1, 0.15) is 18.4 Å². The number of hydrogen-bond donors (Lipinski definition) is 2. The average molecular weight is 657 g/mol. The number of anilines is 2. The number of benzene rings is 4. The average Bonchev–Trinajstić information content (AvgIpc) is 3.43. The second kappa shape index (κ2) is 13.4. The Morgan fingerprint density at radius 1 is 0.978 bits per heavy atom. The lowest BCUT2D eigenvalue weighted by atomic mass is 9.94. The molecule has 2 N–H and O–H groups in total. The minimum atomic E-state index is -0.562. The molecule has 1 amide bonds. The molecule has 45 heavy (non-hydrogen) atoms. The van der Waals surface area contributed by atoms with Crippen LogP contribution < -0.4 is 15.4 Å². The van der Waals surface area contributed by atoms with Crippen LogP contribution in [0, 0.1) is 13.8 Å². The van der Waals surface area contributed by atoms with Crippen molar-refractivity contribution in [2.45, 2.75) is 44.3 Å². The zero-order valence-corrected chi connectivity index (χ0v) is 27.3. The maximum absolute atomic E-state index is 14.1. The number of aromatic nitrogens is 3. The maximum atomic E-state index is 14.1. The number of rotatable bonds is 9. The molecule has 5 aromatic rings. The van der Waals surface area contributed by atoms with Gasteiger partial charge in [0.25, 0.3) is 5.91 Å². The summed E-state index contributed by atoms with van der Waals surface area (Å²) < 4.78 is 7.95. The number of aryl methyl sites for hydroxylation is 2. The number of thioether (sulfide) groups is 1. The fraction of sp³-hybridized carbons (Fsp3) is 0.171. The van der Waals surface area contributed by atoms with E-state index in [0.717, 1.165) is 33.7 Å². The Kier molecular flexibility index (Phi) is 9.16. The van der Waals surface area contributed by atoms with E-state index in [9.17, 15) is 4.79 Å². The predicted molar refractivity (Wildman–Crippen MR) is 182 cm³/mol. The molecular weight excluding hydrogens is 625 g/mol. The number of allylic oxidation sites excluding steroid dienone is 1. The van der Waals surface area contributed by atoms with Gasteiger partial charge >= 0.3 is 0 Å². The highest BCUT2D eigenvalue weighted by Crippen LogP contribution is 2.38. The molecule has 0 saturated heterocycles. The summed E-state index contributed by atoms with van der Waals surface area (Å²) in [5.74, 6) is 1.69. The molecule has 1 atom stereocenters. The highest BCUT2D eigenvalue weighted by molar-refractivity contribution is 7.98. The van der Waals surface area contributed by atoms with E-state index in [2.05, 4.69) is 22.8 Å². The first-order valence-electron chi connectivity index (χ1n) is 14.4. The minimum absolute atomic E-state index is 0.226. The van der Waals surface area contributed by atoms with E-state index in [1.165, 1.54) is 5.56 Å². The van der Waals surface area contributed by atoms with Crippen molar-refractivity contribution < 1.29 is 9.53 Å². The molecular formula is C35H31Cl2N5O2S. The van der Waals surface area contributed by atoms with Crippen molar-refractivity contribution in [3.63, 3.8) is 0 Å². The standard InChI is InChI=1S/C35H31Cl2N5O2S/c1-21-12-15-30(22(2)16-21)39-33(43)31-23(3)38-34-40-35(45-20-24-8-5-4-6-9-24)41-42(34)32(31)25-10-7-11-28(17-25)44-19-26-13-14-27(36)18-29(26)37/h4-18,32H,19-20H2,1-3H3,(H,39,43)(H,38,40,41). The fourth-order valence-electron chi connectivity index (χ4n) is 5.23. The van der Waals surface area contributed by atoms with Gasteiger partial charge in [-0.1, -0.05) is 101 Å². The van der Waals surface area contributed by atoms with Gasteiger partial charge in [0.05, 0.1) is 5.57 Å². The van der Waals surface area contributed by atoms with Crippen molar-refractivity contribution >= 4 is 52.5 Å². The Bertz CT molecular complexity index is 1910. The molecule has 0 spiro atoms. The molecule has 1 aliphatic heterocycles. The van der Waals surface area contributed by atoms with Gasteiger partial charge in [-0.05, 0) is 67.8 Å². The molecule has 0 fully saturated rings. The third-order valence-corrected chi connectivity index (χ3v) is 9.00. The molecule has 1 aliphatic rings. The van der Waals surface area contributed by atoms with Crippen LogP contribution in [0.1, 0.15) is 40.8 Å². The summed E-state index contributed by atoms with van der Waals surface area (Å²) >= 11 is 14.0. The molecule has 6 rings (SSSR count). The van der Waals surface area contributed by atoms with Crippen LogP contribution in [-0.4, -0.2) is 20.7 Å². The first-order chi connectivity index (χ1) is 21.7. The third kappa shape index (κ3) is 7.04. The van der Waals surface area contributed by atoms with Crippen LogP contribution in [0.25, 0.3) is 0 Å².